The number of amides is 1. The first-order valence-corrected chi connectivity index (χ1v) is 6.30. The summed E-state index contributed by atoms with van der Waals surface area (Å²) >= 11 is 9.21. The summed E-state index contributed by atoms with van der Waals surface area (Å²) < 4.78 is 0.753. The van der Waals surface area contributed by atoms with Crippen LogP contribution >= 0.6 is 39.9 Å². The molecule has 17 heavy (non-hydrogen) atoms. The average Bonchev–Trinajstić information content (AvgIpc) is 2.29. The van der Waals surface area contributed by atoms with E-state index in [9.17, 15) is 4.79 Å². The largest absolute Gasteiger partial charge is 0.336 e. The zero-order chi connectivity index (χ0) is 11.5. The predicted molar refractivity (Wildman–Crippen MR) is 75.2 cm³/mol. The molecule has 0 unspecified atom stereocenters. The van der Waals surface area contributed by atoms with Crippen molar-refractivity contribution in [3.8, 4) is 0 Å². The molecule has 0 radical (unpaired) electrons. The van der Waals surface area contributed by atoms with Gasteiger partial charge < -0.3 is 10.2 Å². The van der Waals surface area contributed by atoms with Gasteiger partial charge in [-0.1, -0.05) is 11.6 Å². The molecule has 0 bridgehead atoms. The molecule has 3 nitrogen and oxygen atoms in total. The number of halogens is 3. The smallest absolute Gasteiger partial charge is 0.255 e. The van der Waals surface area contributed by atoms with Crippen molar-refractivity contribution in [3.63, 3.8) is 0 Å². The average molecular weight is 340 g/mol. The Morgan fingerprint density at radius 3 is 2.59 bits per heavy atom. The van der Waals surface area contributed by atoms with E-state index in [0.717, 1.165) is 30.7 Å². The number of hydrogen-bond acceptors (Lipinski definition) is 2. The minimum atomic E-state index is 0. The molecule has 1 heterocycles. The van der Waals surface area contributed by atoms with E-state index in [0.29, 0.717) is 10.6 Å². The fourth-order valence-electron chi connectivity index (χ4n) is 1.70. The highest BCUT2D eigenvalue weighted by atomic mass is 79.9. The van der Waals surface area contributed by atoms with Gasteiger partial charge in [0.25, 0.3) is 5.91 Å². The number of carbonyl (C=O) groups is 1. The molecular weight excluding hydrogens is 327 g/mol. The highest BCUT2D eigenvalue weighted by Gasteiger charge is 2.19. The van der Waals surface area contributed by atoms with Crippen LogP contribution in [0.2, 0.25) is 5.02 Å². The van der Waals surface area contributed by atoms with Gasteiger partial charge in [-0.25, -0.2) is 0 Å². The number of hydrogen-bond donors (Lipinski definition) is 1. The van der Waals surface area contributed by atoms with E-state index in [2.05, 4.69) is 21.2 Å². The summed E-state index contributed by atoms with van der Waals surface area (Å²) in [5, 5.41) is 3.85. The van der Waals surface area contributed by atoms with Crippen LogP contribution < -0.4 is 5.32 Å². The van der Waals surface area contributed by atoms with Gasteiger partial charge in [-0.3, -0.25) is 4.79 Å². The molecule has 2 rings (SSSR count). The van der Waals surface area contributed by atoms with E-state index in [4.69, 9.17) is 11.6 Å². The molecule has 0 aliphatic carbocycles. The number of rotatable bonds is 1. The van der Waals surface area contributed by atoms with Gasteiger partial charge >= 0.3 is 0 Å². The standard InChI is InChI=1S/C11H12BrClN2O.ClH/c12-10-7-8(13)1-2-9(10)11(16)15-5-3-14-4-6-15;/h1-2,7,14H,3-6H2;1H. The molecule has 1 aromatic rings. The minimum Gasteiger partial charge on any atom is -0.336 e. The van der Waals surface area contributed by atoms with Gasteiger partial charge in [0.2, 0.25) is 0 Å². The van der Waals surface area contributed by atoms with E-state index < -0.39 is 0 Å². The van der Waals surface area contributed by atoms with Crippen LogP contribution in [0, 0.1) is 0 Å². The zero-order valence-electron chi connectivity index (χ0n) is 9.08. The highest BCUT2D eigenvalue weighted by molar-refractivity contribution is 9.10. The summed E-state index contributed by atoms with van der Waals surface area (Å²) in [4.78, 5) is 14.0. The Balaban J connectivity index is 0.00000144. The lowest BCUT2D eigenvalue weighted by atomic mass is 10.2. The van der Waals surface area contributed by atoms with Crippen molar-refractivity contribution >= 4 is 45.8 Å². The van der Waals surface area contributed by atoms with Crippen LogP contribution in [-0.2, 0) is 0 Å². The Bertz CT molecular complexity index is 408. The molecule has 1 fully saturated rings. The normalized spacial score (nSPS) is 15.3. The molecule has 1 N–H and O–H groups in total. The molecule has 0 saturated carbocycles. The number of piperazine rings is 1. The maximum absolute atomic E-state index is 12.2. The van der Waals surface area contributed by atoms with Crippen molar-refractivity contribution < 1.29 is 4.79 Å². The summed E-state index contributed by atoms with van der Waals surface area (Å²) in [5.41, 5.74) is 0.673. The Morgan fingerprint density at radius 1 is 1.35 bits per heavy atom. The van der Waals surface area contributed by atoms with Crippen LogP contribution in [0.15, 0.2) is 22.7 Å². The highest BCUT2D eigenvalue weighted by Crippen LogP contribution is 2.22. The van der Waals surface area contributed by atoms with Crippen molar-refractivity contribution in [2.45, 2.75) is 0 Å². The van der Waals surface area contributed by atoms with Crippen molar-refractivity contribution in [1.82, 2.24) is 10.2 Å². The fourth-order valence-corrected chi connectivity index (χ4v) is 2.55. The number of benzene rings is 1. The van der Waals surface area contributed by atoms with E-state index >= 15 is 0 Å². The molecule has 0 aromatic heterocycles. The number of nitrogens with zero attached hydrogens (tertiary/aromatic N) is 1. The second-order valence-electron chi connectivity index (χ2n) is 3.67. The first-order valence-electron chi connectivity index (χ1n) is 5.13. The summed E-state index contributed by atoms with van der Waals surface area (Å²) in [6.45, 7) is 3.23. The molecule has 0 atom stereocenters. The quantitative estimate of drug-likeness (QED) is 0.852. The molecule has 1 amide bonds. The molecule has 1 aliphatic heterocycles. The third kappa shape index (κ3) is 3.58. The molecule has 6 heteroatoms. The first kappa shape index (κ1) is 14.8. The minimum absolute atomic E-state index is 0. The molecule has 94 valence electrons. The predicted octanol–water partition coefficient (Wildman–Crippen LogP) is 2.57. The molecular formula is C11H13BrCl2N2O. The van der Waals surface area contributed by atoms with Gasteiger partial charge in [0.1, 0.15) is 0 Å². The molecule has 1 aliphatic rings. The van der Waals surface area contributed by atoms with Crippen LogP contribution in [0.25, 0.3) is 0 Å². The van der Waals surface area contributed by atoms with Crippen molar-refractivity contribution in [3.05, 3.63) is 33.3 Å². The summed E-state index contributed by atoms with van der Waals surface area (Å²) in [5.74, 6) is 0.0602. The van der Waals surface area contributed by atoms with E-state index in [1.165, 1.54) is 0 Å². The molecule has 1 saturated heterocycles. The monoisotopic (exact) mass is 338 g/mol. The maximum atomic E-state index is 12.2. The van der Waals surface area contributed by atoms with Crippen LogP contribution in [0.3, 0.4) is 0 Å². The lowest BCUT2D eigenvalue weighted by molar-refractivity contribution is 0.0735. The SMILES string of the molecule is Cl.O=C(c1ccc(Cl)cc1Br)N1CCNCC1. The third-order valence-electron chi connectivity index (χ3n) is 2.57. The second kappa shape index (κ2) is 6.59. The Kier molecular flexibility index (Phi) is 5.73. The Morgan fingerprint density at radius 2 is 2.00 bits per heavy atom. The van der Waals surface area contributed by atoms with Crippen LogP contribution in [-0.4, -0.2) is 37.0 Å². The van der Waals surface area contributed by atoms with Gasteiger partial charge in [-0.05, 0) is 34.1 Å². The zero-order valence-corrected chi connectivity index (χ0v) is 12.2. The van der Waals surface area contributed by atoms with Crippen molar-refractivity contribution in [2.24, 2.45) is 0 Å². The van der Waals surface area contributed by atoms with Gasteiger partial charge in [0, 0.05) is 35.7 Å². The van der Waals surface area contributed by atoms with Crippen molar-refractivity contribution in [1.29, 1.82) is 0 Å². The van der Waals surface area contributed by atoms with Gasteiger partial charge in [0.05, 0.1) is 5.56 Å². The molecule has 0 spiro atoms. The lowest BCUT2D eigenvalue weighted by Crippen LogP contribution is -2.46. The van der Waals surface area contributed by atoms with Gasteiger partial charge in [0.15, 0.2) is 0 Å². The number of nitrogens with one attached hydrogen (secondary N) is 1. The second-order valence-corrected chi connectivity index (χ2v) is 4.96. The topological polar surface area (TPSA) is 32.3 Å². The van der Waals surface area contributed by atoms with E-state index in [1.807, 2.05) is 4.90 Å². The summed E-state index contributed by atoms with van der Waals surface area (Å²) in [6, 6.07) is 5.25. The van der Waals surface area contributed by atoms with E-state index in [-0.39, 0.29) is 18.3 Å². The molecule has 1 aromatic carbocycles. The Hall–Kier alpha value is -0.290. The van der Waals surface area contributed by atoms with Crippen molar-refractivity contribution in [2.75, 3.05) is 26.2 Å². The van der Waals surface area contributed by atoms with Crippen LogP contribution in [0.5, 0.6) is 0 Å². The van der Waals surface area contributed by atoms with Gasteiger partial charge in [-0.2, -0.15) is 0 Å². The van der Waals surface area contributed by atoms with Crippen LogP contribution in [0.4, 0.5) is 0 Å². The summed E-state index contributed by atoms with van der Waals surface area (Å²) in [6.07, 6.45) is 0. The Labute approximate surface area is 120 Å². The third-order valence-corrected chi connectivity index (χ3v) is 3.46. The first-order chi connectivity index (χ1) is 7.68. The lowest BCUT2D eigenvalue weighted by Gasteiger charge is -2.27. The van der Waals surface area contributed by atoms with E-state index in [1.54, 1.807) is 18.2 Å². The van der Waals surface area contributed by atoms with Gasteiger partial charge in [-0.15, -0.1) is 12.4 Å². The summed E-state index contributed by atoms with van der Waals surface area (Å²) in [7, 11) is 0. The number of carbonyl (C=O) groups excluding carboxylic acids is 1. The maximum Gasteiger partial charge on any atom is 0.255 e. The van der Waals surface area contributed by atoms with Crippen LogP contribution in [0.1, 0.15) is 10.4 Å². The fraction of sp³-hybridized carbons (Fsp3) is 0.364.